The van der Waals surface area contributed by atoms with Gasteiger partial charge in [-0.2, -0.15) is 5.26 Å². The lowest BCUT2D eigenvalue weighted by molar-refractivity contribution is 0.145. The first-order chi connectivity index (χ1) is 6.60. The van der Waals surface area contributed by atoms with Gasteiger partial charge in [-0.1, -0.05) is 0 Å². The molecule has 1 aromatic heterocycles. The van der Waals surface area contributed by atoms with Crippen LogP contribution in [0.2, 0.25) is 0 Å². The predicted octanol–water partition coefficient (Wildman–Crippen LogP) is 2.11. The molecule has 1 heterocycles. The summed E-state index contributed by atoms with van der Waals surface area (Å²) in [6.45, 7) is 0.00975. The van der Waals surface area contributed by atoms with Gasteiger partial charge in [-0.3, -0.25) is 0 Å². The van der Waals surface area contributed by atoms with Crippen LogP contribution in [0, 0.1) is 11.3 Å². The molecule has 14 heavy (non-hydrogen) atoms. The Morgan fingerprint density at radius 1 is 1.64 bits per heavy atom. The molecule has 0 aliphatic rings. The minimum Gasteiger partial charge on any atom is -0.325 e. The number of halogens is 3. The molecule has 6 heteroatoms. The highest BCUT2D eigenvalue weighted by molar-refractivity contribution is 9.10. The number of aromatic nitrogens is 1. The van der Waals surface area contributed by atoms with Crippen molar-refractivity contribution in [1.82, 2.24) is 4.98 Å². The second-order valence-electron chi connectivity index (χ2n) is 2.47. The summed E-state index contributed by atoms with van der Waals surface area (Å²) in [5.74, 6) is 0. The van der Waals surface area contributed by atoms with Crippen LogP contribution in [-0.4, -0.2) is 4.98 Å². The Hall–Kier alpha value is -1.06. The molecule has 1 rings (SSSR count). The Balaban J connectivity index is 3.34. The molecule has 0 atom stereocenters. The van der Waals surface area contributed by atoms with Crippen molar-refractivity contribution < 1.29 is 8.78 Å². The molecule has 0 aliphatic heterocycles. The van der Waals surface area contributed by atoms with Crippen molar-refractivity contribution in [2.75, 3.05) is 0 Å². The van der Waals surface area contributed by atoms with Crippen molar-refractivity contribution in [1.29, 1.82) is 5.26 Å². The largest absolute Gasteiger partial charge is 0.325 e. The van der Waals surface area contributed by atoms with Gasteiger partial charge < -0.3 is 5.73 Å². The molecule has 0 amide bonds. The monoisotopic (exact) mass is 261 g/mol. The molecule has 0 aliphatic carbocycles. The van der Waals surface area contributed by atoms with Crippen LogP contribution in [0.15, 0.2) is 10.5 Å². The molecule has 0 radical (unpaired) electrons. The molecule has 0 saturated heterocycles. The molecule has 2 N–H and O–H groups in total. The summed E-state index contributed by atoms with van der Waals surface area (Å²) < 4.78 is 25.0. The van der Waals surface area contributed by atoms with E-state index in [4.69, 9.17) is 11.0 Å². The summed E-state index contributed by atoms with van der Waals surface area (Å²) in [4.78, 5) is 3.63. The van der Waals surface area contributed by atoms with E-state index < -0.39 is 12.1 Å². The van der Waals surface area contributed by atoms with Gasteiger partial charge >= 0.3 is 0 Å². The molecule has 0 spiro atoms. The van der Waals surface area contributed by atoms with Crippen molar-refractivity contribution in [3.05, 3.63) is 27.5 Å². The molecular formula is C8H6BrF2N3. The maximum atomic E-state index is 12.3. The molecular weight excluding hydrogens is 256 g/mol. The van der Waals surface area contributed by atoms with Crippen molar-refractivity contribution in [2.45, 2.75) is 13.0 Å². The standard InChI is InChI=1S/C8H6BrF2N3/c9-7-4(2-12)1-5(8(10)11)14-6(7)3-13/h1,8H,3,13H2. The van der Waals surface area contributed by atoms with Crippen LogP contribution < -0.4 is 5.73 Å². The molecule has 3 nitrogen and oxygen atoms in total. The Labute approximate surface area is 87.7 Å². The lowest BCUT2D eigenvalue weighted by Gasteiger charge is -2.06. The Morgan fingerprint density at radius 2 is 2.29 bits per heavy atom. The quantitative estimate of drug-likeness (QED) is 0.887. The van der Waals surface area contributed by atoms with Crippen LogP contribution in [0.4, 0.5) is 8.78 Å². The third-order valence-electron chi connectivity index (χ3n) is 1.58. The third-order valence-corrected chi connectivity index (χ3v) is 2.47. The van der Waals surface area contributed by atoms with Gasteiger partial charge in [-0.15, -0.1) is 0 Å². The number of nitriles is 1. The maximum absolute atomic E-state index is 12.3. The van der Waals surface area contributed by atoms with E-state index in [0.717, 1.165) is 6.07 Å². The van der Waals surface area contributed by atoms with Crippen LogP contribution in [0.5, 0.6) is 0 Å². The fraction of sp³-hybridized carbons (Fsp3) is 0.250. The number of hydrogen-bond donors (Lipinski definition) is 1. The average molecular weight is 262 g/mol. The van der Waals surface area contributed by atoms with Crippen molar-refractivity contribution in [3.8, 4) is 6.07 Å². The predicted molar refractivity (Wildman–Crippen MR) is 49.5 cm³/mol. The Morgan fingerprint density at radius 3 is 2.71 bits per heavy atom. The number of hydrogen-bond acceptors (Lipinski definition) is 3. The number of alkyl halides is 2. The fourth-order valence-electron chi connectivity index (χ4n) is 0.932. The smallest absolute Gasteiger partial charge is 0.280 e. The van der Waals surface area contributed by atoms with E-state index in [-0.39, 0.29) is 17.8 Å². The minimum absolute atomic E-state index is 0.00975. The number of nitrogens with two attached hydrogens (primary N) is 1. The van der Waals surface area contributed by atoms with E-state index in [1.165, 1.54) is 0 Å². The first-order valence-corrected chi connectivity index (χ1v) is 4.47. The van der Waals surface area contributed by atoms with Gasteiger partial charge in [-0.05, 0) is 22.0 Å². The zero-order valence-electron chi connectivity index (χ0n) is 6.97. The molecule has 0 bridgehead atoms. The van der Waals surface area contributed by atoms with Gasteiger partial charge in [0.15, 0.2) is 0 Å². The first-order valence-electron chi connectivity index (χ1n) is 3.67. The molecule has 0 saturated carbocycles. The number of rotatable bonds is 2. The maximum Gasteiger partial charge on any atom is 0.280 e. The van der Waals surface area contributed by atoms with Crippen molar-refractivity contribution >= 4 is 15.9 Å². The summed E-state index contributed by atoms with van der Waals surface area (Å²) in [5, 5.41) is 8.65. The van der Waals surface area contributed by atoms with E-state index in [9.17, 15) is 8.78 Å². The number of nitrogens with zero attached hydrogens (tertiary/aromatic N) is 2. The van der Waals surface area contributed by atoms with Gasteiger partial charge in [0.25, 0.3) is 6.43 Å². The topological polar surface area (TPSA) is 62.7 Å². The average Bonchev–Trinajstić information content (AvgIpc) is 2.17. The molecule has 0 aromatic carbocycles. The fourth-order valence-corrected chi connectivity index (χ4v) is 1.39. The van der Waals surface area contributed by atoms with Crippen LogP contribution in [0.25, 0.3) is 0 Å². The van der Waals surface area contributed by atoms with E-state index >= 15 is 0 Å². The van der Waals surface area contributed by atoms with E-state index in [1.807, 2.05) is 0 Å². The summed E-state index contributed by atoms with van der Waals surface area (Å²) in [6.07, 6.45) is -2.69. The highest BCUT2D eigenvalue weighted by atomic mass is 79.9. The van der Waals surface area contributed by atoms with Crippen LogP contribution in [0.1, 0.15) is 23.4 Å². The Kier molecular flexibility index (Phi) is 3.49. The molecule has 0 unspecified atom stereocenters. The van der Waals surface area contributed by atoms with Crippen LogP contribution >= 0.6 is 15.9 Å². The minimum atomic E-state index is -2.69. The van der Waals surface area contributed by atoms with Gasteiger partial charge in [0.2, 0.25) is 0 Å². The first kappa shape index (κ1) is 11.0. The van der Waals surface area contributed by atoms with Crippen molar-refractivity contribution in [3.63, 3.8) is 0 Å². The lowest BCUT2D eigenvalue weighted by atomic mass is 10.2. The molecule has 74 valence electrons. The van der Waals surface area contributed by atoms with Crippen LogP contribution in [-0.2, 0) is 6.54 Å². The highest BCUT2D eigenvalue weighted by Gasteiger charge is 2.15. The van der Waals surface area contributed by atoms with Gasteiger partial charge in [0.1, 0.15) is 11.8 Å². The normalized spacial score (nSPS) is 10.3. The second kappa shape index (κ2) is 4.44. The van der Waals surface area contributed by atoms with Crippen molar-refractivity contribution in [2.24, 2.45) is 5.73 Å². The summed E-state index contributed by atoms with van der Waals surface area (Å²) in [6, 6.07) is 2.84. The summed E-state index contributed by atoms with van der Waals surface area (Å²) in [7, 11) is 0. The van der Waals surface area contributed by atoms with Gasteiger partial charge in [-0.25, -0.2) is 13.8 Å². The second-order valence-corrected chi connectivity index (χ2v) is 3.26. The zero-order chi connectivity index (χ0) is 10.7. The number of pyridine rings is 1. The summed E-state index contributed by atoms with van der Waals surface area (Å²) in [5.41, 5.74) is 5.26. The Bertz CT molecular complexity index is 387. The molecule has 1 aromatic rings. The van der Waals surface area contributed by atoms with Crippen LogP contribution in [0.3, 0.4) is 0 Å². The van der Waals surface area contributed by atoms with Gasteiger partial charge in [0.05, 0.1) is 15.7 Å². The van der Waals surface area contributed by atoms with E-state index in [0.29, 0.717) is 4.47 Å². The highest BCUT2D eigenvalue weighted by Crippen LogP contribution is 2.25. The summed E-state index contributed by atoms with van der Waals surface area (Å²) >= 11 is 3.07. The van der Waals surface area contributed by atoms with Gasteiger partial charge in [0, 0.05) is 6.54 Å². The van der Waals surface area contributed by atoms with E-state index in [1.54, 1.807) is 6.07 Å². The molecule has 0 fully saturated rings. The SMILES string of the molecule is N#Cc1cc(C(F)F)nc(CN)c1Br. The lowest BCUT2D eigenvalue weighted by Crippen LogP contribution is -2.05. The third kappa shape index (κ3) is 2.05. The van der Waals surface area contributed by atoms with E-state index in [2.05, 4.69) is 20.9 Å². The zero-order valence-corrected chi connectivity index (χ0v) is 8.55.